The summed E-state index contributed by atoms with van der Waals surface area (Å²) in [6.07, 6.45) is 86.1. The molecule has 0 fully saturated rings. The Morgan fingerprint density at radius 2 is 0.500 bits per heavy atom. The first-order valence-electron chi connectivity index (χ1n) is 34.3. The molecule has 0 aromatic carbocycles. The van der Waals surface area contributed by atoms with Crippen LogP contribution < -0.4 is 0 Å². The Kier molecular flexibility index (Phi) is 64.2. The van der Waals surface area contributed by atoms with E-state index in [9.17, 15) is 14.4 Å². The molecule has 0 aliphatic heterocycles. The molecule has 0 saturated heterocycles. The first kappa shape index (κ1) is 75.1. The summed E-state index contributed by atoms with van der Waals surface area (Å²) in [4.78, 5) is 37.9. The minimum absolute atomic E-state index is 0.0795. The summed E-state index contributed by atoms with van der Waals surface area (Å²) in [6.45, 7) is 6.47. The molecule has 0 aromatic rings. The fraction of sp³-hybridized carbons (Fsp3) is 0.819. The molecular formula is C72H130O6. The second kappa shape index (κ2) is 66.6. The van der Waals surface area contributed by atoms with Gasteiger partial charge < -0.3 is 14.2 Å². The number of hydrogen-bond acceptors (Lipinski definition) is 6. The molecule has 0 saturated carbocycles. The second-order valence-electron chi connectivity index (χ2n) is 23.1. The average molecular weight is 1090 g/mol. The van der Waals surface area contributed by atoms with E-state index in [0.717, 1.165) is 116 Å². The van der Waals surface area contributed by atoms with Crippen LogP contribution in [0.3, 0.4) is 0 Å². The fourth-order valence-electron chi connectivity index (χ4n) is 10.2. The molecule has 0 aliphatic carbocycles. The van der Waals surface area contributed by atoms with E-state index in [4.69, 9.17) is 14.2 Å². The van der Waals surface area contributed by atoms with Gasteiger partial charge in [-0.2, -0.15) is 0 Å². The van der Waals surface area contributed by atoms with Crippen molar-refractivity contribution in [3.05, 3.63) is 60.8 Å². The number of esters is 3. The maximum atomic E-state index is 12.8. The highest BCUT2D eigenvalue weighted by molar-refractivity contribution is 5.71. The van der Waals surface area contributed by atoms with Gasteiger partial charge in [-0.25, -0.2) is 0 Å². The van der Waals surface area contributed by atoms with E-state index >= 15 is 0 Å². The van der Waals surface area contributed by atoms with Crippen LogP contribution in [0.1, 0.15) is 361 Å². The van der Waals surface area contributed by atoms with Gasteiger partial charge in [-0.1, -0.05) is 338 Å². The number of carbonyl (C=O) groups excluding carboxylic acids is 3. The largest absolute Gasteiger partial charge is 0.462 e. The third-order valence-corrected chi connectivity index (χ3v) is 15.3. The van der Waals surface area contributed by atoms with Gasteiger partial charge >= 0.3 is 17.9 Å². The molecule has 0 rings (SSSR count). The molecule has 0 aromatic heterocycles. The zero-order valence-electron chi connectivity index (χ0n) is 52.2. The lowest BCUT2D eigenvalue weighted by Crippen LogP contribution is -2.30. The van der Waals surface area contributed by atoms with Crippen LogP contribution in [0.15, 0.2) is 60.8 Å². The number of rotatable bonds is 63. The van der Waals surface area contributed by atoms with Crippen LogP contribution >= 0.6 is 0 Å². The van der Waals surface area contributed by atoms with Crippen molar-refractivity contribution < 1.29 is 28.6 Å². The summed E-state index contributed by atoms with van der Waals surface area (Å²) in [5.41, 5.74) is 0. The Balaban J connectivity index is 3.92. The number of ether oxygens (including phenoxy) is 3. The second-order valence-corrected chi connectivity index (χ2v) is 23.1. The normalized spacial score (nSPS) is 12.4. The Labute approximate surface area is 485 Å². The Hall–Kier alpha value is -2.89. The van der Waals surface area contributed by atoms with Crippen LogP contribution in [0.5, 0.6) is 0 Å². The van der Waals surface area contributed by atoms with Crippen LogP contribution in [0.25, 0.3) is 0 Å². The predicted molar refractivity (Wildman–Crippen MR) is 339 cm³/mol. The SMILES string of the molecule is CC/C=C\C/C=C\C/C=C\C/C=C\C/C=C\CCCCCCCC(=O)OC(COC(=O)CCCCCCC)COC(=O)CCCCCCCCCCCCCCCCCCCCCCCCCCCCCCCCCCCC. The van der Waals surface area contributed by atoms with Gasteiger partial charge in [0.25, 0.3) is 0 Å². The number of unbranched alkanes of at least 4 members (excludes halogenated alkanes) is 42. The Bertz CT molecular complexity index is 1390. The van der Waals surface area contributed by atoms with E-state index in [2.05, 4.69) is 81.5 Å². The average Bonchev–Trinajstić information content (AvgIpc) is 3.44. The standard InChI is InChI=1S/C72H130O6/c1-4-7-10-13-15-17-19-21-23-25-27-29-30-31-32-33-34-35-36-37-38-39-40-41-43-44-46-48-50-52-54-56-59-62-65-71(74)77-68-69(67-76-70(73)64-61-58-12-9-6-3)78-72(75)66-63-60-57-55-53-51-49-47-45-42-28-26-24-22-20-18-16-14-11-8-5-2/h8,11,16,18,22,24,28,42,47,49,69H,4-7,9-10,12-15,17,19-21,23,25-27,29-41,43-46,48,50-68H2,1-3H3/b11-8-,18-16-,24-22-,42-28-,49-47-. The van der Waals surface area contributed by atoms with Gasteiger partial charge in [-0.05, 0) is 64.2 Å². The van der Waals surface area contributed by atoms with Gasteiger partial charge in [-0.15, -0.1) is 0 Å². The summed E-state index contributed by atoms with van der Waals surface area (Å²) >= 11 is 0. The monoisotopic (exact) mass is 1090 g/mol. The van der Waals surface area contributed by atoms with Crippen LogP contribution in [-0.4, -0.2) is 37.2 Å². The summed E-state index contributed by atoms with van der Waals surface area (Å²) in [5.74, 6) is -0.897. The van der Waals surface area contributed by atoms with E-state index in [1.165, 1.54) is 205 Å². The van der Waals surface area contributed by atoms with Crippen molar-refractivity contribution >= 4 is 17.9 Å². The van der Waals surface area contributed by atoms with Crippen molar-refractivity contribution in [2.45, 2.75) is 367 Å². The van der Waals surface area contributed by atoms with Gasteiger partial charge in [0.05, 0.1) is 0 Å². The maximum absolute atomic E-state index is 12.8. The molecule has 454 valence electrons. The maximum Gasteiger partial charge on any atom is 0.306 e. The van der Waals surface area contributed by atoms with Crippen LogP contribution in [0, 0.1) is 0 Å². The summed E-state index contributed by atoms with van der Waals surface area (Å²) < 4.78 is 16.8. The van der Waals surface area contributed by atoms with Crippen LogP contribution in [-0.2, 0) is 28.6 Å². The van der Waals surface area contributed by atoms with Gasteiger partial charge in [0.1, 0.15) is 13.2 Å². The smallest absolute Gasteiger partial charge is 0.306 e. The highest BCUT2D eigenvalue weighted by Gasteiger charge is 2.19. The first-order valence-corrected chi connectivity index (χ1v) is 34.3. The lowest BCUT2D eigenvalue weighted by Gasteiger charge is -2.18. The minimum atomic E-state index is -0.781. The van der Waals surface area contributed by atoms with Gasteiger partial charge in [0, 0.05) is 19.3 Å². The van der Waals surface area contributed by atoms with E-state index in [1.54, 1.807) is 0 Å². The van der Waals surface area contributed by atoms with Crippen molar-refractivity contribution in [1.29, 1.82) is 0 Å². The molecule has 1 atom stereocenters. The number of carbonyl (C=O) groups is 3. The molecule has 0 spiro atoms. The van der Waals surface area contributed by atoms with E-state index in [-0.39, 0.29) is 31.1 Å². The van der Waals surface area contributed by atoms with Crippen molar-refractivity contribution in [2.24, 2.45) is 0 Å². The molecule has 0 radical (unpaired) electrons. The minimum Gasteiger partial charge on any atom is -0.462 e. The number of allylic oxidation sites excluding steroid dienone is 10. The fourth-order valence-corrected chi connectivity index (χ4v) is 10.2. The first-order chi connectivity index (χ1) is 38.5. The summed E-state index contributed by atoms with van der Waals surface area (Å²) in [7, 11) is 0. The molecule has 0 aliphatic rings. The summed E-state index contributed by atoms with van der Waals surface area (Å²) in [6, 6.07) is 0. The topological polar surface area (TPSA) is 78.9 Å². The number of hydrogen-bond donors (Lipinski definition) is 0. The highest BCUT2D eigenvalue weighted by atomic mass is 16.6. The molecule has 0 heterocycles. The van der Waals surface area contributed by atoms with E-state index < -0.39 is 6.10 Å². The third-order valence-electron chi connectivity index (χ3n) is 15.3. The Morgan fingerprint density at radius 3 is 0.782 bits per heavy atom. The molecule has 6 heteroatoms. The van der Waals surface area contributed by atoms with Crippen molar-refractivity contribution in [3.8, 4) is 0 Å². The molecule has 0 bridgehead atoms. The van der Waals surface area contributed by atoms with Gasteiger partial charge in [0.15, 0.2) is 6.10 Å². The van der Waals surface area contributed by atoms with E-state index in [1.807, 2.05) is 0 Å². The molecule has 1 unspecified atom stereocenters. The third kappa shape index (κ3) is 63.9. The van der Waals surface area contributed by atoms with Crippen molar-refractivity contribution in [2.75, 3.05) is 13.2 Å². The molecular weight excluding hydrogens is 961 g/mol. The van der Waals surface area contributed by atoms with Crippen molar-refractivity contribution in [3.63, 3.8) is 0 Å². The molecule has 6 nitrogen and oxygen atoms in total. The Morgan fingerprint density at radius 1 is 0.269 bits per heavy atom. The lowest BCUT2D eigenvalue weighted by molar-refractivity contribution is -0.167. The van der Waals surface area contributed by atoms with E-state index in [0.29, 0.717) is 19.3 Å². The lowest BCUT2D eigenvalue weighted by atomic mass is 10.0. The molecule has 78 heavy (non-hydrogen) atoms. The quantitative estimate of drug-likeness (QED) is 0.0261. The zero-order valence-corrected chi connectivity index (χ0v) is 52.2. The van der Waals surface area contributed by atoms with Crippen LogP contribution in [0.4, 0.5) is 0 Å². The summed E-state index contributed by atoms with van der Waals surface area (Å²) in [5, 5.41) is 0. The molecule has 0 N–H and O–H groups in total. The van der Waals surface area contributed by atoms with Gasteiger partial charge in [0.2, 0.25) is 0 Å². The highest BCUT2D eigenvalue weighted by Crippen LogP contribution is 2.18. The van der Waals surface area contributed by atoms with Gasteiger partial charge in [-0.3, -0.25) is 14.4 Å². The predicted octanol–water partition coefficient (Wildman–Crippen LogP) is 23.5. The van der Waals surface area contributed by atoms with Crippen LogP contribution in [0.2, 0.25) is 0 Å². The van der Waals surface area contributed by atoms with Crippen molar-refractivity contribution in [1.82, 2.24) is 0 Å². The molecule has 0 amide bonds. The zero-order chi connectivity index (χ0) is 56.4.